The zero-order valence-electron chi connectivity index (χ0n) is 19.9. The van der Waals surface area contributed by atoms with Gasteiger partial charge in [0.25, 0.3) is 0 Å². The van der Waals surface area contributed by atoms with Gasteiger partial charge in [0, 0.05) is 12.5 Å². The molecule has 5 unspecified atom stereocenters. The molecule has 3 saturated carbocycles. The Morgan fingerprint density at radius 3 is 2.50 bits per heavy atom. The minimum Gasteiger partial charge on any atom is -0.481 e. The molecular formula is C24H44NO6P. The predicted molar refractivity (Wildman–Crippen MR) is 124 cm³/mol. The minimum absolute atomic E-state index is 0.0806. The molecule has 9 atom stereocenters. The highest BCUT2D eigenvalue weighted by Gasteiger charge is 2.57. The van der Waals surface area contributed by atoms with E-state index in [0.29, 0.717) is 48.9 Å². The van der Waals surface area contributed by atoms with Crippen molar-refractivity contribution >= 4 is 13.7 Å². The van der Waals surface area contributed by atoms with Gasteiger partial charge in [-0.1, -0.05) is 20.8 Å². The Labute approximate surface area is 193 Å². The SMILES string of the molecule is CC1CC[C@@H](O)CCCC(NP(=O)(O)O)C2[C@@H]1CCC1(C)C([C@H](C)CCC(=O)O)CC[C@@H]21. The third-order valence-corrected chi connectivity index (χ3v) is 10.2. The number of aliphatic hydroxyl groups excluding tert-OH is 1. The van der Waals surface area contributed by atoms with Crippen molar-refractivity contribution in [2.75, 3.05) is 0 Å². The van der Waals surface area contributed by atoms with Crippen LogP contribution in [0.2, 0.25) is 0 Å². The van der Waals surface area contributed by atoms with Crippen molar-refractivity contribution in [2.24, 2.45) is 40.9 Å². The molecule has 7 nitrogen and oxygen atoms in total. The van der Waals surface area contributed by atoms with Gasteiger partial charge in [-0.05, 0) is 105 Å². The van der Waals surface area contributed by atoms with E-state index in [1.54, 1.807) is 0 Å². The van der Waals surface area contributed by atoms with Gasteiger partial charge in [-0.3, -0.25) is 4.79 Å². The van der Waals surface area contributed by atoms with Gasteiger partial charge in [-0.25, -0.2) is 9.65 Å². The van der Waals surface area contributed by atoms with Gasteiger partial charge in [0.1, 0.15) is 0 Å². The molecule has 3 fully saturated rings. The van der Waals surface area contributed by atoms with Crippen LogP contribution in [0.5, 0.6) is 0 Å². The van der Waals surface area contributed by atoms with Gasteiger partial charge in [-0.2, -0.15) is 0 Å². The molecule has 32 heavy (non-hydrogen) atoms. The quantitative estimate of drug-likeness (QED) is 0.358. The van der Waals surface area contributed by atoms with Crippen molar-refractivity contribution in [3.8, 4) is 0 Å². The van der Waals surface area contributed by atoms with Crippen LogP contribution in [0.15, 0.2) is 0 Å². The first kappa shape index (κ1) is 26.2. The summed E-state index contributed by atoms with van der Waals surface area (Å²) >= 11 is 0. The third kappa shape index (κ3) is 5.96. The molecule has 0 aliphatic heterocycles. The Bertz CT molecular complexity index is 698. The smallest absolute Gasteiger partial charge is 0.400 e. The molecule has 3 rings (SSSR count). The molecule has 3 aliphatic carbocycles. The lowest BCUT2D eigenvalue weighted by atomic mass is 9.52. The predicted octanol–water partition coefficient (Wildman–Crippen LogP) is 4.56. The van der Waals surface area contributed by atoms with Gasteiger partial charge in [0.2, 0.25) is 0 Å². The van der Waals surface area contributed by atoms with Gasteiger partial charge in [0.05, 0.1) is 6.10 Å². The summed E-state index contributed by atoms with van der Waals surface area (Å²) in [4.78, 5) is 30.8. The molecule has 0 aromatic carbocycles. The number of aliphatic carboxylic acids is 1. The monoisotopic (exact) mass is 473 g/mol. The molecule has 5 N–H and O–H groups in total. The van der Waals surface area contributed by atoms with E-state index in [4.69, 9.17) is 5.11 Å². The van der Waals surface area contributed by atoms with Crippen LogP contribution in [0.3, 0.4) is 0 Å². The Hall–Kier alpha value is -0.460. The van der Waals surface area contributed by atoms with Crippen LogP contribution in [0.1, 0.15) is 91.4 Å². The van der Waals surface area contributed by atoms with Crippen LogP contribution >= 0.6 is 7.75 Å². The molecule has 0 amide bonds. The normalized spacial score (nSPS) is 42.0. The van der Waals surface area contributed by atoms with Crippen LogP contribution in [0.25, 0.3) is 0 Å². The molecular weight excluding hydrogens is 429 g/mol. The summed E-state index contributed by atoms with van der Waals surface area (Å²) in [6, 6.07) is -0.258. The first-order valence-electron chi connectivity index (χ1n) is 12.7. The molecule has 0 aromatic rings. The summed E-state index contributed by atoms with van der Waals surface area (Å²) in [5.74, 6) is 1.42. The summed E-state index contributed by atoms with van der Waals surface area (Å²) in [6.45, 7) is 6.81. The molecule has 0 radical (unpaired) electrons. The Morgan fingerprint density at radius 2 is 1.84 bits per heavy atom. The van der Waals surface area contributed by atoms with E-state index in [1.165, 1.54) is 0 Å². The fourth-order valence-electron chi connectivity index (χ4n) is 7.94. The minimum atomic E-state index is -4.38. The molecule has 0 saturated heterocycles. The van der Waals surface area contributed by atoms with Crippen molar-refractivity contribution in [1.82, 2.24) is 5.09 Å². The lowest BCUT2D eigenvalue weighted by molar-refractivity contribution is -0.137. The van der Waals surface area contributed by atoms with Crippen LogP contribution in [0, 0.1) is 40.9 Å². The van der Waals surface area contributed by atoms with Crippen LogP contribution in [0.4, 0.5) is 0 Å². The fourth-order valence-corrected chi connectivity index (χ4v) is 8.67. The van der Waals surface area contributed by atoms with E-state index in [9.17, 15) is 24.3 Å². The van der Waals surface area contributed by atoms with Crippen LogP contribution < -0.4 is 5.09 Å². The van der Waals surface area contributed by atoms with Crippen LogP contribution in [-0.4, -0.2) is 38.1 Å². The van der Waals surface area contributed by atoms with Gasteiger partial charge < -0.3 is 20.0 Å². The third-order valence-electron chi connectivity index (χ3n) is 9.50. The lowest BCUT2D eigenvalue weighted by Gasteiger charge is -2.54. The van der Waals surface area contributed by atoms with E-state index in [0.717, 1.165) is 44.9 Å². The van der Waals surface area contributed by atoms with Crippen LogP contribution in [-0.2, 0) is 9.36 Å². The van der Waals surface area contributed by atoms with Crippen molar-refractivity contribution < 1.29 is 29.4 Å². The molecule has 0 bridgehead atoms. The van der Waals surface area contributed by atoms with E-state index in [-0.39, 0.29) is 29.9 Å². The summed E-state index contributed by atoms with van der Waals surface area (Å²) in [7, 11) is -4.38. The largest absolute Gasteiger partial charge is 0.481 e. The highest BCUT2D eigenvalue weighted by Crippen LogP contribution is 2.63. The highest BCUT2D eigenvalue weighted by molar-refractivity contribution is 7.49. The number of rotatable bonds is 6. The zero-order valence-corrected chi connectivity index (χ0v) is 20.8. The number of carboxylic acid groups (broad SMARTS) is 1. The molecule has 0 aromatic heterocycles. The molecule has 0 heterocycles. The lowest BCUT2D eigenvalue weighted by Crippen LogP contribution is -2.52. The average Bonchev–Trinajstić information content (AvgIpc) is 3.04. The first-order valence-corrected chi connectivity index (χ1v) is 14.3. The maximum absolute atomic E-state index is 12.0. The summed E-state index contributed by atoms with van der Waals surface area (Å²) < 4.78 is 12.0. The summed E-state index contributed by atoms with van der Waals surface area (Å²) in [5, 5.41) is 22.2. The number of hydrogen-bond donors (Lipinski definition) is 5. The van der Waals surface area contributed by atoms with Crippen molar-refractivity contribution in [2.45, 2.75) is 104 Å². The standard InChI is InChI=1S/C24H44NO6P/c1-15-7-9-17(26)5-4-6-21(25-32(29,30)31)23-18(15)13-14-24(3)19(10-11-20(23)24)16(2)8-12-22(27)28/h15-21,23,26H,4-14H2,1-3H3,(H,27,28)(H3,25,29,30,31)/t15?,16-,17+,18-,19?,20+,21?,23?,24?/m1/s1. The van der Waals surface area contributed by atoms with E-state index >= 15 is 0 Å². The van der Waals surface area contributed by atoms with Gasteiger partial charge >= 0.3 is 13.7 Å². The van der Waals surface area contributed by atoms with Gasteiger partial charge in [-0.15, -0.1) is 0 Å². The Morgan fingerprint density at radius 1 is 1.12 bits per heavy atom. The Balaban J connectivity index is 1.90. The fraction of sp³-hybridized carbons (Fsp3) is 0.958. The average molecular weight is 474 g/mol. The van der Waals surface area contributed by atoms with Gasteiger partial charge in [0.15, 0.2) is 0 Å². The number of carbonyl (C=O) groups is 1. The second-order valence-electron chi connectivity index (χ2n) is 11.4. The van der Waals surface area contributed by atoms with Crippen molar-refractivity contribution in [1.29, 1.82) is 0 Å². The topological polar surface area (TPSA) is 127 Å². The van der Waals surface area contributed by atoms with E-state index in [1.807, 2.05) is 0 Å². The summed E-state index contributed by atoms with van der Waals surface area (Å²) in [5.41, 5.74) is 0.0806. The molecule has 0 spiro atoms. The number of hydrogen-bond acceptors (Lipinski definition) is 3. The number of fused-ring (bicyclic) bond motifs is 3. The zero-order chi connectivity index (χ0) is 23.7. The second kappa shape index (κ2) is 10.4. The van der Waals surface area contributed by atoms with E-state index < -0.39 is 13.7 Å². The Kier molecular flexibility index (Phi) is 8.53. The first-order chi connectivity index (χ1) is 14.9. The maximum atomic E-state index is 12.0. The van der Waals surface area contributed by atoms with Crippen molar-refractivity contribution in [3.63, 3.8) is 0 Å². The number of aliphatic hydroxyl groups is 1. The molecule has 3 aliphatic rings. The number of nitrogens with one attached hydrogen (secondary N) is 1. The number of carboxylic acids is 1. The summed E-state index contributed by atoms with van der Waals surface area (Å²) in [6.07, 6.45) is 8.68. The highest BCUT2D eigenvalue weighted by atomic mass is 31.2. The van der Waals surface area contributed by atoms with Crippen molar-refractivity contribution in [3.05, 3.63) is 0 Å². The molecule has 186 valence electrons. The second-order valence-corrected chi connectivity index (χ2v) is 12.8. The molecule has 8 heteroatoms. The van der Waals surface area contributed by atoms with E-state index in [2.05, 4.69) is 25.9 Å². The maximum Gasteiger partial charge on any atom is 0.400 e.